The first-order chi connectivity index (χ1) is 12.4. The van der Waals surface area contributed by atoms with Crippen LogP contribution in [0.4, 0.5) is 14.6 Å². The number of amides is 1. The minimum Gasteiger partial charge on any atom is -0.395 e. The van der Waals surface area contributed by atoms with Crippen LogP contribution in [0.25, 0.3) is 11.3 Å². The minimum atomic E-state index is -3.73. The van der Waals surface area contributed by atoms with Gasteiger partial charge in [-0.05, 0) is 18.9 Å². The van der Waals surface area contributed by atoms with E-state index in [0.29, 0.717) is 24.3 Å². The Bertz CT molecular complexity index is 857. The van der Waals surface area contributed by atoms with E-state index in [1.165, 1.54) is 24.5 Å². The number of carbonyl (C=O) groups is 1. The van der Waals surface area contributed by atoms with Crippen LogP contribution in [0.3, 0.4) is 0 Å². The first kappa shape index (κ1) is 16.9. The Morgan fingerprint density at radius 1 is 1.23 bits per heavy atom. The van der Waals surface area contributed by atoms with Crippen LogP contribution in [0.1, 0.15) is 12.8 Å². The largest absolute Gasteiger partial charge is 0.586 e. The van der Waals surface area contributed by atoms with E-state index in [0.717, 1.165) is 6.42 Å². The second-order valence-corrected chi connectivity index (χ2v) is 6.13. The van der Waals surface area contributed by atoms with Crippen LogP contribution in [-0.2, 0) is 9.53 Å². The fourth-order valence-corrected chi connectivity index (χ4v) is 2.94. The molecule has 26 heavy (non-hydrogen) atoms. The lowest BCUT2D eigenvalue weighted by molar-refractivity contribution is -0.286. The Labute approximate surface area is 151 Å². The van der Waals surface area contributed by atoms with Gasteiger partial charge >= 0.3 is 6.29 Å². The van der Waals surface area contributed by atoms with Crippen molar-refractivity contribution < 1.29 is 27.8 Å². The lowest BCUT2D eigenvalue weighted by Gasteiger charge is -2.10. The van der Waals surface area contributed by atoms with E-state index in [2.05, 4.69) is 24.8 Å². The molecule has 0 spiro atoms. The molecule has 2 aliphatic rings. The maximum Gasteiger partial charge on any atom is 0.586 e. The van der Waals surface area contributed by atoms with Crippen molar-refractivity contribution in [3.63, 3.8) is 0 Å². The van der Waals surface area contributed by atoms with Crippen molar-refractivity contribution in [3.8, 4) is 22.8 Å². The van der Waals surface area contributed by atoms with Crippen LogP contribution in [0.5, 0.6) is 11.5 Å². The van der Waals surface area contributed by atoms with E-state index in [1.54, 1.807) is 0 Å². The van der Waals surface area contributed by atoms with Crippen molar-refractivity contribution in [2.24, 2.45) is 0 Å². The van der Waals surface area contributed by atoms with Crippen molar-refractivity contribution in [2.45, 2.75) is 25.2 Å². The number of nitrogens with zero attached hydrogens (tertiary/aromatic N) is 2. The predicted octanol–water partition coefficient (Wildman–Crippen LogP) is 3.24. The monoisotopic (exact) mass is 383 g/mol. The van der Waals surface area contributed by atoms with Gasteiger partial charge in [0.2, 0.25) is 0 Å². The van der Waals surface area contributed by atoms with E-state index in [4.69, 9.17) is 16.3 Å². The first-order valence-corrected chi connectivity index (χ1v) is 8.13. The zero-order chi connectivity index (χ0) is 18.3. The van der Waals surface area contributed by atoms with E-state index in [9.17, 15) is 13.6 Å². The lowest BCUT2D eigenvalue weighted by Crippen LogP contribution is -2.27. The molecule has 0 radical (unpaired) electrons. The number of halogens is 3. The third-order valence-electron chi connectivity index (χ3n) is 3.89. The zero-order valence-corrected chi connectivity index (χ0v) is 13.9. The van der Waals surface area contributed by atoms with Crippen molar-refractivity contribution in [2.75, 3.05) is 11.9 Å². The number of carbonyl (C=O) groups excluding carboxylic acids is 1. The Morgan fingerprint density at radius 2 is 2.00 bits per heavy atom. The highest BCUT2D eigenvalue weighted by Crippen LogP contribution is 2.45. The number of alkyl halides is 2. The number of aromatic nitrogens is 2. The fraction of sp³-hybridized carbons (Fsp3) is 0.312. The highest BCUT2D eigenvalue weighted by molar-refractivity contribution is 6.33. The van der Waals surface area contributed by atoms with Crippen molar-refractivity contribution in [3.05, 3.63) is 29.5 Å². The topological polar surface area (TPSA) is 82.6 Å². The molecule has 0 saturated carbocycles. The molecule has 7 nitrogen and oxygen atoms in total. The van der Waals surface area contributed by atoms with Gasteiger partial charge in [0, 0.05) is 18.2 Å². The number of nitrogens with one attached hydrogen (secondary N) is 1. The molecule has 0 bridgehead atoms. The standard InChI is InChI=1S/C16H12ClF2N3O4/c17-9-5-13-12(25-16(18,19)26-13)4-8(9)10-6-21-14(7-20-10)22-15(23)11-2-1-3-24-11/h4-7,11H,1-3H2,(H,21,22,23). The Hall–Kier alpha value is -2.52. The van der Waals surface area contributed by atoms with Crippen LogP contribution in [0.15, 0.2) is 24.5 Å². The molecule has 1 aromatic carbocycles. The quantitative estimate of drug-likeness (QED) is 0.876. The highest BCUT2D eigenvalue weighted by Gasteiger charge is 2.44. The van der Waals surface area contributed by atoms with Crippen LogP contribution in [-0.4, -0.2) is 34.9 Å². The van der Waals surface area contributed by atoms with Gasteiger partial charge in [-0.2, -0.15) is 0 Å². The van der Waals surface area contributed by atoms with Gasteiger partial charge in [-0.25, -0.2) is 4.98 Å². The smallest absolute Gasteiger partial charge is 0.395 e. The van der Waals surface area contributed by atoms with E-state index in [-0.39, 0.29) is 28.2 Å². The van der Waals surface area contributed by atoms with Gasteiger partial charge in [0.25, 0.3) is 5.91 Å². The highest BCUT2D eigenvalue weighted by atomic mass is 35.5. The summed E-state index contributed by atoms with van der Waals surface area (Å²) in [6.07, 6.45) is -0.00269. The normalized spacial score (nSPS) is 20.2. The molecule has 1 aromatic heterocycles. The molecule has 1 N–H and O–H groups in total. The van der Waals surface area contributed by atoms with Crippen molar-refractivity contribution in [1.82, 2.24) is 9.97 Å². The minimum absolute atomic E-state index is 0.146. The molecule has 1 amide bonds. The van der Waals surface area contributed by atoms with Gasteiger partial charge in [0.05, 0.1) is 23.1 Å². The molecule has 1 unspecified atom stereocenters. The number of hydrogen-bond donors (Lipinski definition) is 1. The molecular formula is C16H12ClF2N3O4. The average Bonchev–Trinajstić information content (AvgIpc) is 3.21. The number of ether oxygens (including phenoxy) is 3. The van der Waals surface area contributed by atoms with Gasteiger partial charge in [0.1, 0.15) is 6.10 Å². The SMILES string of the molecule is O=C(Nc1cnc(-c2cc3c(cc2Cl)OC(F)(F)O3)cn1)C1CCCO1. The molecule has 0 aliphatic carbocycles. The number of rotatable bonds is 3. The second kappa shape index (κ2) is 6.33. The number of hydrogen-bond acceptors (Lipinski definition) is 6. The van der Waals surface area contributed by atoms with Crippen molar-refractivity contribution in [1.29, 1.82) is 0 Å². The van der Waals surface area contributed by atoms with Crippen LogP contribution >= 0.6 is 11.6 Å². The Morgan fingerprint density at radius 3 is 2.65 bits per heavy atom. The van der Waals surface area contributed by atoms with Crippen LogP contribution < -0.4 is 14.8 Å². The summed E-state index contributed by atoms with van der Waals surface area (Å²) in [5, 5.41) is 2.76. The molecule has 10 heteroatoms. The molecule has 1 fully saturated rings. The molecule has 1 atom stereocenters. The molecule has 3 heterocycles. The van der Waals surface area contributed by atoms with E-state index >= 15 is 0 Å². The molecule has 136 valence electrons. The fourth-order valence-electron chi connectivity index (χ4n) is 2.69. The van der Waals surface area contributed by atoms with Crippen molar-refractivity contribution >= 4 is 23.3 Å². The third kappa shape index (κ3) is 3.27. The van der Waals surface area contributed by atoms with Gasteiger partial charge in [-0.15, -0.1) is 8.78 Å². The van der Waals surface area contributed by atoms with Gasteiger partial charge in [0.15, 0.2) is 17.3 Å². The lowest BCUT2D eigenvalue weighted by atomic mass is 10.1. The second-order valence-electron chi connectivity index (χ2n) is 5.72. The summed E-state index contributed by atoms with van der Waals surface area (Å²) in [5.74, 6) is -0.338. The third-order valence-corrected chi connectivity index (χ3v) is 4.20. The van der Waals surface area contributed by atoms with Gasteiger partial charge in [-0.1, -0.05) is 11.6 Å². The van der Waals surface area contributed by atoms with Gasteiger partial charge in [-0.3, -0.25) is 9.78 Å². The van der Waals surface area contributed by atoms with E-state index < -0.39 is 12.4 Å². The van der Waals surface area contributed by atoms with Gasteiger partial charge < -0.3 is 19.5 Å². The molecular weight excluding hydrogens is 372 g/mol. The van der Waals surface area contributed by atoms with Crippen LogP contribution in [0, 0.1) is 0 Å². The van der Waals surface area contributed by atoms with Crippen LogP contribution in [0.2, 0.25) is 5.02 Å². The summed E-state index contributed by atoms with van der Waals surface area (Å²) in [6, 6.07) is 2.52. The maximum atomic E-state index is 13.1. The summed E-state index contributed by atoms with van der Waals surface area (Å²) >= 11 is 6.11. The summed E-state index contributed by atoms with van der Waals surface area (Å²) in [4.78, 5) is 20.3. The predicted molar refractivity (Wildman–Crippen MR) is 86.3 cm³/mol. The zero-order valence-electron chi connectivity index (χ0n) is 13.2. The average molecular weight is 384 g/mol. The summed E-state index contributed by atoms with van der Waals surface area (Å²) in [6.45, 7) is 0.560. The summed E-state index contributed by atoms with van der Waals surface area (Å²) < 4.78 is 40.3. The molecule has 1 saturated heterocycles. The number of fused-ring (bicyclic) bond motifs is 1. The Kier molecular flexibility index (Phi) is 4.12. The summed E-state index contributed by atoms with van der Waals surface area (Å²) in [7, 11) is 0. The molecule has 4 rings (SSSR count). The first-order valence-electron chi connectivity index (χ1n) is 7.75. The van der Waals surface area contributed by atoms with E-state index in [1.807, 2.05) is 0 Å². The number of benzene rings is 1. The Balaban J connectivity index is 1.53. The molecule has 2 aromatic rings. The molecule has 2 aliphatic heterocycles. The maximum absolute atomic E-state index is 13.1. The number of anilines is 1. The summed E-state index contributed by atoms with van der Waals surface area (Å²) in [5.41, 5.74) is 0.669.